The first kappa shape index (κ1) is 76.0. The summed E-state index contributed by atoms with van der Waals surface area (Å²) in [4.78, 5) is 13.7. The van der Waals surface area contributed by atoms with E-state index in [0.717, 1.165) is 73.9 Å². The van der Waals surface area contributed by atoms with E-state index in [-0.39, 0.29) is 5.41 Å². The van der Waals surface area contributed by atoms with Crippen molar-refractivity contribution >= 4 is 96.1 Å². The van der Waals surface area contributed by atoms with Gasteiger partial charge in [0.25, 0.3) is 0 Å². The summed E-state index contributed by atoms with van der Waals surface area (Å²) in [5.74, 6) is 0. The summed E-state index contributed by atoms with van der Waals surface area (Å²) in [5, 5.41) is 2.49. The number of nitrogens with zero attached hydrogens (tertiary/aromatic N) is 6. The maximum absolute atomic E-state index is 2.43. The minimum absolute atomic E-state index is 0.342. The van der Waals surface area contributed by atoms with Crippen molar-refractivity contribution in [2.45, 2.75) is 10.8 Å². The zero-order valence-corrected chi connectivity index (χ0v) is 68.9. The lowest BCUT2D eigenvalue weighted by molar-refractivity contribution is 0.768. The summed E-state index contributed by atoms with van der Waals surface area (Å²) < 4.78 is 0. The second-order valence-electron chi connectivity index (χ2n) is 31.7. The van der Waals surface area contributed by atoms with Crippen LogP contribution in [0.15, 0.2) is 491 Å². The zero-order chi connectivity index (χ0) is 82.6. The van der Waals surface area contributed by atoms with Crippen molar-refractivity contribution in [2.24, 2.45) is 0 Å². The maximum Gasteiger partial charge on any atom is 0.0726 e. The number of para-hydroxylation sites is 6. The predicted molar refractivity (Wildman–Crippen MR) is 518 cm³/mol. The molecule has 0 saturated heterocycles. The second kappa shape index (κ2) is 33.2. The Bertz CT molecular complexity index is 6480. The molecule has 0 saturated carbocycles. The van der Waals surface area contributed by atoms with Crippen LogP contribution in [-0.4, -0.2) is 21.1 Å². The molecule has 0 unspecified atom stereocenters. The van der Waals surface area contributed by atoms with Gasteiger partial charge in [-0.2, -0.15) is 0 Å². The molecule has 19 aromatic rings. The van der Waals surface area contributed by atoms with Crippen molar-refractivity contribution in [3.8, 4) is 33.4 Å². The molecule has 0 bridgehead atoms. The van der Waals surface area contributed by atoms with Crippen LogP contribution >= 0.6 is 0 Å². The highest BCUT2D eigenvalue weighted by molar-refractivity contribution is 5.97. The fourth-order valence-electron chi connectivity index (χ4n) is 19.1. The van der Waals surface area contributed by atoms with Gasteiger partial charge in [-0.15, -0.1) is 0 Å². The zero-order valence-electron chi connectivity index (χ0n) is 68.9. The Kier molecular flexibility index (Phi) is 20.5. The van der Waals surface area contributed by atoms with Gasteiger partial charge in [0.05, 0.1) is 10.8 Å². The van der Waals surface area contributed by atoms with E-state index in [1.165, 1.54) is 100 Å². The fraction of sp³-hybridized carbons (Fsp3) is 0.0427. The first-order valence-electron chi connectivity index (χ1n) is 42.3. The standard InChI is InChI=1S/C44H32N2.C44H34N2.C29H24N2/c1-45(31-24-26-34(27-25-31)46(32-14-4-2-5-15-32)33-16-6-3-7-17-33)35-28-29-39-38-20-10-13-23-42(38)44(43(39)30-35)40-21-11-8-18-36(40)37-19-9-12-22-41(37)44;1-45(35-26-28-38(29-27-35)46(36-20-10-4-11-21-36)37-22-12-5-13-23-37)39-30-31-41-40-24-14-15-25-42(40)44(43(41)32-39,33-16-6-2-7-17-33)34-18-8-3-9-19-34;1-30(25-12-4-2-5-13-25)26-18-20-28(21-19-26)31(27-14-6-3-7-15-27)29-17-16-23-10-8-9-11-24(23)22-29/h2-30H,1H3;2-32H,1H3;2-22H,1H3. The van der Waals surface area contributed by atoms with Gasteiger partial charge in [0.1, 0.15) is 0 Å². The lowest BCUT2D eigenvalue weighted by Gasteiger charge is -2.34. The topological polar surface area (TPSA) is 19.4 Å². The van der Waals surface area contributed by atoms with Crippen molar-refractivity contribution < 1.29 is 0 Å². The lowest BCUT2D eigenvalue weighted by Crippen LogP contribution is -2.28. The number of fused-ring (bicyclic) bond motifs is 14. The number of hydrogen-bond acceptors (Lipinski definition) is 6. The summed E-state index contributed by atoms with van der Waals surface area (Å²) in [5.41, 5.74) is 34.9. The molecule has 6 nitrogen and oxygen atoms in total. The first-order valence-corrected chi connectivity index (χ1v) is 42.3. The van der Waals surface area contributed by atoms with Crippen molar-refractivity contribution in [2.75, 3.05) is 50.5 Å². The van der Waals surface area contributed by atoms with Crippen LogP contribution in [0.4, 0.5) is 85.3 Å². The highest BCUT2D eigenvalue weighted by Gasteiger charge is 2.52. The highest BCUT2D eigenvalue weighted by atomic mass is 15.2. The van der Waals surface area contributed by atoms with Gasteiger partial charge in [0.2, 0.25) is 0 Å². The average Bonchev–Trinajstić information content (AvgIpc) is 1.51. The third-order valence-corrected chi connectivity index (χ3v) is 24.9. The van der Waals surface area contributed by atoms with Crippen LogP contribution in [0.25, 0.3) is 44.2 Å². The van der Waals surface area contributed by atoms with Gasteiger partial charge in [-0.3, -0.25) is 0 Å². The van der Waals surface area contributed by atoms with E-state index in [4.69, 9.17) is 0 Å². The molecule has 0 heterocycles. The van der Waals surface area contributed by atoms with E-state index in [2.05, 4.69) is 536 Å². The Morgan fingerprint density at radius 1 is 0.138 bits per heavy atom. The molecule has 0 atom stereocenters. The molecule has 0 amide bonds. The van der Waals surface area contributed by atoms with Gasteiger partial charge < -0.3 is 29.4 Å². The van der Waals surface area contributed by atoms with Gasteiger partial charge in [-0.05, 0) is 271 Å². The van der Waals surface area contributed by atoms with E-state index < -0.39 is 5.41 Å². The summed E-state index contributed by atoms with van der Waals surface area (Å²) >= 11 is 0. The van der Waals surface area contributed by atoms with E-state index in [0.29, 0.717) is 0 Å². The highest BCUT2D eigenvalue weighted by Crippen LogP contribution is 2.64. The molecule has 0 aliphatic heterocycles. The Balaban J connectivity index is 0.000000120. The van der Waals surface area contributed by atoms with Gasteiger partial charge in [0.15, 0.2) is 0 Å². The van der Waals surface area contributed by atoms with Crippen molar-refractivity contribution in [1.29, 1.82) is 0 Å². The number of benzene rings is 19. The largest absolute Gasteiger partial charge is 0.345 e. The SMILES string of the molecule is CN(c1ccc(N(c2ccccc2)c2ccccc2)cc1)c1ccc2c(c1)C(c1ccccc1)(c1ccccc1)c1ccccc1-2.CN(c1ccc(N(c2ccccc2)c2ccccc2)cc1)c1ccc2c(c1)C1(c3ccccc3-c3ccccc31)c1ccccc1-2.CN(c1ccccc1)c1ccc(N(c2ccccc2)c2ccc3ccccc3c2)cc1. The Morgan fingerprint density at radius 3 is 0.691 bits per heavy atom. The van der Waals surface area contributed by atoms with E-state index in [9.17, 15) is 0 Å². The molecule has 588 valence electrons. The van der Waals surface area contributed by atoms with Crippen LogP contribution in [0.3, 0.4) is 0 Å². The average molecular weight is 1580 g/mol. The Labute approximate surface area is 721 Å². The molecular formula is C117H90N6. The van der Waals surface area contributed by atoms with Crippen LogP contribution in [0, 0.1) is 0 Å². The summed E-state index contributed by atoms with van der Waals surface area (Å²) in [7, 11) is 6.44. The molecule has 0 aromatic heterocycles. The molecule has 6 heteroatoms. The van der Waals surface area contributed by atoms with Gasteiger partial charge in [-0.1, -0.05) is 309 Å². The van der Waals surface area contributed by atoms with Crippen molar-refractivity contribution in [3.63, 3.8) is 0 Å². The van der Waals surface area contributed by atoms with Crippen molar-refractivity contribution in [1.82, 2.24) is 0 Å². The second-order valence-corrected chi connectivity index (χ2v) is 31.7. The molecule has 3 aliphatic carbocycles. The van der Waals surface area contributed by atoms with Crippen LogP contribution < -0.4 is 29.4 Å². The van der Waals surface area contributed by atoms with Crippen molar-refractivity contribution in [3.05, 3.63) is 536 Å². The molecule has 3 aliphatic rings. The smallest absolute Gasteiger partial charge is 0.0726 e. The van der Waals surface area contributed by atoms with E-state index in [1.807, 2.05) is 6.07 Å². The predicted octanol–water partition coefficient (Wildman–Crippen LogP) is 30.6. The monoisotopic (exact) mass is 1580 g/mol. The van der Waals surface area contributed by atoms with Crippen LogP contribution in [0.2, 0.25) is 0 Å². The molecule has 1 spiro atoms. The lowest BCUT2D eigenvalue weighted by atomic mass is 9.67. The quantitative estimate of drug-likeness (QED) is 0.0899. The van der Waals surface area contributed by atoms with E-state index in [1.54, 1.807) is 0 Å². The van der Waals surface area contributed by atoms with Crippen LogP contribution in [0.1, 0.15) is 44.5 Å². The minimum atomic E-state index is -0.416. The normalized spacial score (nSPS) is 12.3. The molecule has 0 fully saturated rings. The number of hydrogen-bond donors (Lipinski definition) is 0. The summed E-state index contributed by atoms with van der Waals surface area (Å²) in [6, 6.07) is 177. The number of rotatable bonds is 17. The van der Waals surface area contributed by atoms with Gasteiger partial charge in [0, 0.05) is 106 Å². The van der Waals surface area contributed by atoms with Gasteiger partial charge in [-0.25, -0.2) is 0 Å². The third-order valence-electron chi connectivity index (χ3n) is 24.9. The summed E-state index contributed by atoms with van der Waals surface area (Å²) in [6.45, 7) is 0. The third kappa shape index (κ3) is 13.9. The molecule has 123 heavy (non-hydrogen) atoms. The Hall–Kier alpha value is -15.8. The van der Waals surface area contributed by atoms with E-state index >= 15 is 0 Å². The number of anilines is 15. The maximum atomic E-state index is 2.43. The molecule has 0 N–H and O–H groups in total. The molecular weight excluding hydrogens is 1490 g/mol. The molecule has 22 rings (SSSR count). The Morgan fingerprint density at radius 2 is 0.350 bits per heavy atom. The fourth-order valence-corrected chi connectivity index (χ4v) is 19.1. The molecule has 19 aromatic carbocycles. The first-order chi connectivity index (χ1) is 60.8. The summed E-state index contributed by atoms with van der Waals surface area (Å²) in [6.07, 6.45) is 0. The van der Waals surface area contributed by atoms with Gasteiger partial charge >= 0.3 is 0 Å². The molecule has 0 radical (unpaired) electrons. The minimum Gasteiger partial charge on any atom is -0.345 e. The van der Waals surface area contributed by atoms with Crippen LogP contribution in [-0.2, 0) is 10.8 Å². The van der Waals surface area contributed by atoms with Crippen LogP contribution in [0.5, 0.6) is 0 Å².